The molecule has 0 bridgehead atoms. The molecule has 0 spiro atoms. The molecule has 2 rings (SSSR count). The van der Waals surface area contributed by atoms with Gasteiger partial charge in [-0.15, -0.1) is 0 Å². The van der Waals surface area contributed by atoms with Crippen molar-refractivity contribution >= 4 is 0 Å². The fraction of sp³-hybridized carbons (Fsp3) is 0.133. The van der Waals surface area contributed by atoms with E-state index in [1.807, 2.05) is 24.3 Å². The third-order valence-electron chi connectivity index (χ3n) is 2.70. The number of methoxy groups -OCH3 is 1. The summed E-state index contributed by atoms with van der Waals surface area (Å²) in [5.74, 6) is 0.365. The van der Waals surface area contributed by atoms with E-state index in [2.05, 4.69) is 0 Å². The van der Waals surface area contributed by atoms with E-state index in [0.717, 1.165) is 5.56 Å². The molecule has 0 aliphatic rings. The predicted molar refractivity (Wildman–Crippen MR) is 67.7 cm³/mol. The van der Waals surface area contributed by atoms with Gasteiger partial charge in [-0.05, 0) is 29.3 Å². The van der Waals surface area contributed by atoms with Gasteiger partial charge in [0.1, 0.15) is 11.6 Å². The van der Waals surface area contributed by atoms with Crippen molar-refractivity contribution in [1.29, 1.82) is 5.26 Å². The molecule has 0 amide bonds. The molecule has 2 nitrogen and oxygen atoms in total. The van der Waals surface area contributed by atoms with Gasteiger partial charge in [-0.3, -0.25) is 0 Å². The van der Waals surface area contributed by atoms with Crippen LogP contribution < -0.4 is 4.74 Å². The number of ether oxygens (including phenoxy) is 1. The van der Waals surface area contributed by atoms with Gasteiger partial charge in [0.15, 0.2) is 0 Å². The number of nitriles is 1. The first-order valence-corrected chi connectivity index (χ1v) is 5.54. The molecule has 2 aromatic rings. The minimum atomic E-state index is -0.323. The maximum Gasteiger partial charge on any atom is 0.131 e. The van der Waals surface area contributed by atoms with Crippen molar-refractivity contribution in [2.75, 3.05) is 7.11 Å². The molecule has 0 fully saturated rings. The summed E-state index contributed by atoms with van der Waals surface area (Å²) < 4.78 is 19.1. The van der Waals surface area contributed by atoms with E-state index in [0.29, 0.717) is 16.9 Å². The van der Waals surface area contributed by atoms with Gasteiger partial charge in [-0.1, -0.05) is 24.3 Å². The van der Waals surface area contributed by atoms with Gasteiger partial charge in [0, 0.05) is 5.56 Å². The molecular weight excluding hydrogens is 229 g/mol. The fourth-order valence-corrected chi connectivity index (χ4v) is 1.78. The standard InChI is InChI=1S/C15H12FNO/c1-18-13-4-2-3-12(10-13)14-6-5-11(7-8-17)9-15(14)16/h2-6,9-10H,7H2,1H3. The van der Waals surface area contributed by atoms with E-state index < -0.39 is 0 Å². The van der Waals surface area contributed by atoms with Gasteiger partial charge < -0.3 is 4.74 Å². The lowest BCUT2D eigenvalue weighted by Crippen LogP contribution is -1.89. The van der Waals surface area contributed by atoms with Gasteiger partial charge in [0.05, 0.1) is 19.6 Å². The average molecular weight is 241 g/mol. The van der Waals surface area contributed by atoms with Crippen molar-refractivity contribution < 1.29 is 9.13 Å². The molecular formula is C15H12FNO. The van der Waals surface area contributed by atoms with Crippen LogP contribution in [0, 0.1) is 17.1 Å². The van der Waals surface area contributed by atoms with Gasteiger partial charge in [-0.2, -0.15) is 5.26 Å². The molecule has 0 aliphatic heterocycles. The van der Waals surface area contributed by atoms with Crippen molar-refractivity contribution in [3.05, 3.63) is 53.8 Å². The van der Waals surface area contributed by atoms with Crippen LogP contribution in [0.25, 0.3) is 11.1 Å². The monoisotopic (exact) mass is 241 g/mol. The van der Waals surface area contributed by atoms with Crippen molar-refractivity contribution in [3.63, 3.8) is 0 Å². The van der Waals surface area contributed by atoms with Gasteiger partial charge in [0.2, 0.25) is 0 Å². The highest BCUT2D eigenvalue weighted by atomic mass is 19.1. The van der Waals surface area contributed by atoms with E-state index >= 15 is 0 Å². The molecule has 2 aromatic carbocycles. The first kappa shape index (κ1) is 12.1. The van der Waals surface area contributed by atoms with E-state index in [1.165, 1.54) is 6.07 Å². The first-order valence-electron chi connectivity index (χ1n) is 5.54. The molecule has 0 N–H and O–H groups in total. The summed E-state index contributed by atoms with van der Waals surface area (Å²) in [5.41, 5.74) is 1.95. The highest BCUT2D eigenvalue weighted by Gasteiger charge is 2.07. The third kappa shape index (κ3) is 2.49. The molecule has 0 aliphatic carbocycles. The van der Waals surface area contributed by atoms with E-state index in [4.69, 9.17) is 10.00 Å². The SMILES string of the molecule is COc1cccc(-c2ccc(CC#N)cc2F)c1. The molecule has 0 saturated carbocycles. The number of rotatable bonds is 3. The largest absolute Gasteiger partial charge is 0.497 e. The van der Waals surface area contributed by atoms with Crippen LogP contribution in [0.4, 0.5) is 4.39 Å². The zero-order valence-corrected chi connectivity index (χ0v) is 9.98. The Hall–Kier alpha value is -2.34. The summed E-state index contributed by atoms with van der Waals surface area (Å²) >= 11 is 0. The van der Waals surface area contributed by atoms with Crippen molar-refractivity contribution in [2.24, 2.45) is 0 Å². The summed E-state index contributed by atoms with van der Waals surface area (Å²) in [7, 11) is 1.57. The Bertz CT molecular complexity index is 602. The Kier molecular flexibility index (Phi) is 3.59. The zero-order valence-electron chi connectivity index (χ0n) is 9.98. The van der Waals surface area contributed by atoms with Crippen molar-refractivity contribution in [2.45, 2.75) is 6.42 Å². The summed E-state index contributed by atoms with van der Waals surface area (Å²) in [6.45, 7) is 0. The predicted octanol–water partition coefficient (Wildman–Crippen LogP) is 3.57. The lowest BCUT2D eigenvalue weighted by molar-refractivity contribution is 0.415. The number of halogens is 1. The molecule has 0 saturated heterocycles. The lowest BCUT2D eigenvalue weighted by atomic mass is 10.0. The second-order valence-corrected chi connectivity index (χ2v) is 3.88. The molecule has 0 unspecified atom stereocenters. The van der Waals surface area contributed by atoms with Crippen LogP contribution in [0.2, 0.25) is 0 Å². The highest BCUT2D eigenvalue weighted by Crippen LogP contribution is 2.26. The Morgan fingerprint density at radius 1 is 1.22 bits per heavy atom. The van der Waals surface area contributed by atoms with E-state index in [1.54, 1.807) is 25.3 Å². The molecule has 0 aromatic heterocycles. The second kappa shape index (κ2) is 5.33. The fourth-order valence-electron chi connectivity index (χ4n) is 1.78. The Balaban J connectivity index is 2.41. The van der Waals surface area contributed by atoms with Crippen LogP contribution >= 0.6 is 0 Å². The lowest BCUT2D eigenvalue weighted by Gasteiger charge is -2.07. The smallest absolute Gasteiger partial charge is 0.131 e. The summed E-state index contributed by atoms with van der Waals surface area (Å²) in [4.78, 5) is 0. The normalized spacial score (nSPS) is 9.83. The minimum absolute atomic E-state index is 0.218. The molecule has 0 heterocycles. The van der Waals surface area contributed by atoms with E-state index in [-0.39, 0.29) is 12.2 Å². The van der Waals surface area contributed by atoms with Gasteiger partial charge in [0.25, 0.3) is 0 Å². The number of benzene rings is 2. The minimum Gasteiger partial charge on any atom is -0.497 e. The van der Waals surface area contributed by atoms with E-state index in [9.17, 15) is 4.39 Å². The maximum atomic E-state index is 13.9. The summed E-state index contributed by atoms with van der Waals surface area (Å²) in [6, 6.07) is 14.1. The topological polar surface area (TPSA) is 33.0 Å². The van der Waals surface area contributed by atoms with Crippen LogP contribution in [0.15, 0.2) is 42.5 Å². The van der Waals surface area contributed by atoms with Crippen LogP contribution in [-0.4, -0.2) is 7.11 Å². The average Bonchev–Trinajstić information content (AvgIpc) is 2.39. The quantitative estimate of drug-likeness (QED) is 0.823. The van der Waals surface area contributed by atoms with Crippen LogP contribution in [-0.2, 0) is 6.42 Å². The van der Waals surface area contributed by atoms with Gasteiger partial charge in [-0.25, -0.2) is 4.39 Å². The molecule has 3 heteroatoms. The molecule has 90 valence electrons. The number of hydrogen-bond donors (Lipinski definition) is 0. The Labute approximate surface area is 105 Å². The van der Waals surface area contributed by atoms with Crippen LogP contribution in [0.3, 0.4) is 0 Å². The zero-order chi connectivity index (χ0) is 13.0. The number of hydrogen-bond acceptors (Lipinski definition) is 2. The highest BCUT2D eigenvalue weighted by molar-refractivity contribution is 5.66. The molecule has 0 atom stereocenters. The first-order chi connectivity index (χ1) is 8.74. The van der Waals surface area contributed by atoms with Crippen molar-refractivity contribution in [3.8, 4) is 22.9 Å². The van der Waals surface area contributed by atoms with Crippen LogP contribution in [0.1, 0.15) is 5.56 Å². The van der Waals surface area contributed by atoms with Crippen LogP contribution in [0.5, 0.6) is 5.75 Å². The number of nitrogens with zero attached hydrogens (tertiary/aromatic N) is 1. The summed E-state index contributed by atoms with van der Waals surface area (Å²) in [6.07, 6.45) is 0.218. The van der Waals surface area contributed by atoms with Gasteiger partial charge >= 0.3 is 0 Å². The van der Waals surface area contributed by atoms with Crippen molar-refractivity contribution in [1.82, 2.24) is 0 Å². The third-order valence-corrected chi connectivity index (χ3v) is 2.70. The maximum absolute atomic E-state index is 13.9. The molecule has 0 radical (unpaired) electrons. The molecule has 18 heavy (non-hydrogen) atoms. The Morgan fingerprint density at radius 3 is 2.72 bits per heavy atom. The second-order valence-electron chi connectivity index (χ2n) is 3.88. The Morgan fingerprint density at radius 2 is 2.06 bits per heavy atom. The summed E-state index contributed by atoms with van der Waals surface area (Å²) in [5, 5.41) is 8.58.